The largest absolute Gasteiger partial charge is 0.419 e. The molecule has 0 unspecified atom stereocenters. The molecule has 0 aromatic heterocycles. The van der Waals surface area contributed by atoms with E-state index >= 15 is 0 Å². The van der Waals surface area contributed by atoms with Crippen molar-refractivity contribution in [2.75, 3.05) is 7.11 Å². The van der Waals surface area contributed by atoms with Crippen LogP contribution < -0.4 is 0 Å². The zero-order valence-corrected chi connectivity index (χ0v) is 16.2. The van der Waals surface area contributed by atoms with Gasteiger partial charge in [0.1, 0.15) is 0 Å². The van der Waals surface area contributed by atoms with Crippen LogP contribution in [0, 0.1) is 48.2 Å². The van der Waals surface area contributed by atoms with Crippen molar-refractivity contribution in [1.82, 2.24) is 0 Å². The Hall–Kier alpha value is 0.761. The molecule has 0 aliphatic heterocycles. The van der Waals surface area contributed by atoms with Gasteiger partial charge in [0.2, 0.25) is 9.04 Å². The third-order valence-corrected chi connectivity index (χ3v) is 5.57. The molecule has 1 rings (SSSR count). The van der Waals surface area contributed by atoms with E-state index in [-0.39, 0.29) is 41.3 Å². The predicted octanol–water partition coefficient (Wildman–Crippen LogP) is 3.98. The van der Waals surface area contributed by atoms with Crippen molar-refractivity contribution < 1.29 is 45.7 Å². The van der Waals surface area contributed by atoms with Gasteiger partial charge in [-0.1, -0.05) is 43.7 Å². The molecule has 1 nitrogen and oxygen atoms in total. The topological polar surface area (TPSA) is 9.23 Å². The normalized spacial score (nSPS) is 10.7. The van der Waals surface area contributed by atoms with Crippen LogP contribution in [0.5, 0.6) is 0 Å². The van der Waals surface area contributed by atoms with Gasteiger partial charge in [-0.2, -0.15) is 0 Å². The second-order valence-electron chi connectivity index (χ2n) is 4.66. The Labute approximate surface area is 141 Å². The van der Waals surface area contributed by atoms with Gasteiger partial charge in [-0.25, -0.2) is 0 Å². The standard InChI is InChI=1S/C14H23OSi.Pr/c1-12(2)16(15-4)11-5-6-14-9-7-13(3)8-10-14;/h7-10,12H,5-6,11H2,1-4H3;. The van der Waals surface area contributed by atoms with Crippen LogP contribution in [0.25, 0.3) is 0 Å². The molecule has 1 aromatic carbocycles. The van der Waals surface area contributed by atoms with Gasteiger partial charge in [0.25, 0.3) is 0 Å². The Morgan fingerprint density at radius 2 is 1.76 bits per heavy atom. The summed E-state index contributed by atoms with van der Waals surface area (Å²) >= 11 is 0. The summed E-state index contributed by atoms with van der Waals surface area (Å²) in [6, 6.07) is 10.1. The van der Waals surface area contributed by atoms with E-state index in [0.29, 0.717) is 5.54 Å². The average Bonchev–Trinajstić information content (AvgIpc) is 2.26. The van der Waals surface area contributed by atoms with Gasteiger partial charge in [-0.05, 0) is 36.9 Å². The van der Waals surface area contributed by atoms with Gasteiger partial charge in [-0.15, -0.1) is 0 Å². The number of hydrogen-bond acceptors (Lipinski definition) is 1. The van der Waals surface area contributed by atoms with Crippen molar-refractivity contribution in [1.29, 1.82) is 0 Å². The Balaban J connectivity index is 0.00000256. The van der Waals surface area contributed by atoms with E-state index in [0.717, 1.165) is 0 Å². The van der Waals surface area contributed by atoms with Crippen LogP contribution in [0.3, 0.4) is 0 Å². The second-order valence-corrected chi connectivity index (χ2v) is 7.66. The molecule has 0 N–H and O–H groups in total. The zero-order valence-electron chi connectivity index (χ0n) is 11.5. The van der Waals surface area contributed by atoms with Crippen LogP contribution in [-0.4, -0.2) is 16.2 Å². The minimum absolute atomic E-state index is 0. The van der Waals surface area contributed by atoms with E-state index in [2.05, 4.69) is 45.0 Å². The molecule has 17 heavy (non-hydrogen) atoms. The van der Waals surface area contributed by atoms with Crippen LogP contribution >= 0.6 is 0 Å². The summed E-state index contributed by atoms with van der Waals surface area (Å²) in [6.07, 6.45) is 2.44. The summed E-state index contributed by atoms with van der Waals surface area (Å²) in [5.74, 6) is 0. The summed E-state index contributed by atoms with van der Waals surface area (Å²) in [5, 5.41) is 0. The fraction of sp³-hybridized carbons (Fsp3) is 0.571. The van der Waals surface area contributed by atoms with Crippen molar-refractivity contribution in [2.45, 2.75) is 45.2 Å². The second kappa shape index (κ2) is 9.66. The van der Waals surface area contributed by atoms with Crippen LogP contribution in [0.1, 0.15) is 31.4 Å². The van der Waals surface area contributed by atoms with E-state index < -0.39 is 9.04 Å². The molecular weight excluding hydrogens is 353 g/mol. The summed E-state index contributed by atoms with van der Waals surface area (Å²) in [4.78, 5) is 0. The Kier molecular flexibility index (Phi) is 10.1. The Morgan fingerprint density at radius 3 is 2.24 bits per heavy atom. The number of benzene rings is 1. The Morgan fingerprint density at radius 1 is 1.18 bits per heavy atom. The summed E-state index contributed by atoms with van der Waals surface area (Å²) < 4.78 is 5.57. The van der Waals surface area contributed by atoms with E-state index in [1.54, 1.807) is 0 Å². The quantitative estimate of drug-likeness (QED) is 0.683. The first-order valence-corrected chi connectivity index (χ1v) is 7.78. The van der Waals surface area contributed by atoms with Gasteiger partial charge in [0.15, 0.2) is 0 Å². The van der Waals surface area contributed by atoms with Gasteiger partial charge in [-0.3, -0.25) is 0 Å². The van der Waals surface area contributed by atoms with Crippen molar-refractivity contribution in [3.63, 3.8) is 0 Å². The van der Waals surface area contributed by atoms with E-state index in [1.165, 1.54) is 30.0 Å². The third-order valence-electron chi connectivity index (χ3n) is 2.92. The number of aryl methyl sites for hydroxylation is 2. The average molecular weight is 376 g/mol. The first-order chi connectivity index (χ1) is 7.63. The van der Waals surface area contributed by atoms with Crippen molar-refractivity contribution in [2.24, 2.45) is 0 Å². The molecule has 0 spiro atoms. The molecule has 0 heterocycles. The molecule has 0 amide bonds. The molecular formula is C14H23OPrSi. The predicted molar refractivity (Wildman–Crippen MR) is 72.2 cm³/mol. The van der Waals surface area contributed by atoms with Gasteiger partial charge in [0.05, 0.1) is 0 Å². The number of rotatable bonds is 6. The van der Waals surface area contributed by atoms with Crippen LogP contribution in [0.4, 0.5) is 0 Å². The monoisotopic (exact) mass is 376 g/mol. The summed E-state index contributed by atoms with van der Waals surface area (Å²) in [6.45, 7) is 6.67. The molecule has 0 bridgehead atoms. The first-order valence-electron chi connectivity index (χ1n) is 6.08. The Bertz CT molecular complexity index is 298. The molecule has 3 heteroatoms. The first kappa shape index (κ1) is 17.8. The van der Waals surface area contributed by atoms with E-state index in [4.69, 9.17) is 4.43 Å². The molecule has 0 atom stereocenters. The smallest absolute Gasteiger partial charge is 0.213 e. The molecule has 0 saturated heterocycles. The molecule has 0 aliphatic rings. The van der Waals surface area contributed by atoms with Gasteiger partial charge in [0, 0.05) is 48.4 Å². The van der Waals surface area contributed by atoms with Crippen LogP contribution in [0.2, 0.25) is 11.6 Å². The van der Waals surface area contributed by atoms with E-state index in [1.807, 2.05) is 7.11 Å². The maximum Gasteiger partial charge on any atom is 0.213 e. The maximum atomic E-state index is 5.57. The van der Waals surface area contributed by atoms with Gasteiger partial charge < -0.3 is 4.43 Å². The van der Waals surface area contributed by atoms with Crippen molar-refractivity contribution in [3.05, 3.63) is 35.4 Å². The molecule has 0 fully saturated rings. The number of hydrogen-bond donors (Lipinski definition) is 0. The summed E-state index contributed by atoms with van der Waals surface area (Å²) in [7, 11) is 1.28. The molecule has 0 aliphatic carbocycles. The summed E-state index contributed by atoms with van der Waals surface area (Å²) in [5.41, 5.74) is 3.51. The maximum absolute atomic E-state index is 5.57. The van der Waals surface area contributed by atoms with Crippen LogP contribution in [0.15, 0.2) is 24.3 Å². The zero-order chi connectivity index (χ0) is 12.0. The molecule has 92 valence electrons. The minimum atomic E-state index is -0.579. The van der Waals surface area contributed by atoms with Crippen molar-refractivity contribution >= 4 is 9.04 Å². The van der Waals surface area contributed by atoms with Gasteiger partial charge >= 0.3 is 0 Å². The SMILES string of the molecule is CO[Si](CCCc1ccc(C)cc1)C(C)C.[Pr]. The molecule has 0 saturated carbocycles. The minimum Gasteiger partial charge on any atom is -0.419 e. The van der Waals surface area contributed by atoms with E-state index in [9.17, 15) is 0 Å². The van der Waals surface area contributed by atoms with Crippen molar-refractivity contribution in [3.8, 4) is 0 Å². The fourth-order valence-corrected chi connectivity index (χ4v) is 3.63. The van der Waals surface area contributed by atoms with Crippen LogP contribution in [-0.2, 0) is 10.8 Å². The molecule has 2 radical (unpaired) electrons. The third kappa shape index (κ3) is 7.05. The fourth-order valence-electron chi connectivity index (χ4n) is 1.85. The molecule has 1 aromatic rings.